The predicted molar refractivity (Wildman–Crippen MR) is 222 cm³/mol. The number of rotatable bonds is 16. The number of methoxy groups -OCH3 is 3. The van der Waals surface area contributed by atoms with Gasteiger partial charge in [0.25, 0.3) is 0 Å². The molecule has 5 rings (SSSR count). The van der Waals surface area contributed by atoms with Crippen molar-refractivity contribution in [3.8, 4) is 28.6 Å². The lowest BCUT2D eigenvalue weighted by atomic mass is 10.1. The van der Waals surface area contributed by atoms with Crippen molar-refractivity contribution in [3.63, 3.8) is 0 Å². The van der Waals surface area contributed by atoms with Crippen molar-refractivity contribution in [2.24, 2.45) is 0 Å². The summed E-state index contributed by atoms with van der Waals surface area (Å²) in [5, 5.41) is 21.7. The third kappa shape index (κ3) is 10.0. The first-order valence-electron chi connectivity index (χ1n) is 17.6. The maximum absolute atomic E-state index is 15.5. The highest BCUT2D eigenvalue weighted by Gasteiger charge is 2.40. The Morgan fingerprint density at radius 2 is 1.26 bits per heavy atom. The van der Waals surface area contributed by atoms with E-state index in [0.29, 0.717) is 31.9 Å². The van der Waals surface area contributed by atoms with Crippen LogP contribution in [0.5, 0.6) is 17.2 Å². The number of halogens is 1. The van der Waals surface area contributed by atoms with Crippen molar-refractivity contribution in [1.82, 2.24) is 29.4 Å². The fraction of sp³-hybridized carbons (Fsp3) is 0.333. The molecule has 0 saturated carbocycles. The average Bonchev–Trinajstić information content (AvgIpc) is 3.64. The first-order valence-corrected chi connectivity index (χ1v) is 21.7. The number of carbonyl (C=O) groups is 1. The third-order valence-corrected chi connectivity index (χ3v) is 14.2. The molecule has 0 aliphatic rings. The Morgan fingerprint density at radius 1 is 0.789 bits per heavy atom. The highest BCUT2D eigenvalue weighted by molar-refractivity contribution is 14.1. The molecule has 0 spiro atoms. The van der Waals surface area contributed by atoms with Crippen molar-refractivity contribution in [3.05, 3.63) is 105 Å². The van der Waals surface area contributed by atoms with E-state index in [1.165, 1.54) is 42.4 Å². The second-order valence-corrected chi connectivity index (χ2v) is 19.5. The van der Waals surface area contributed by atoms with Crippen LogP contribution in [0.3, 0.4) is 0 Å². The number of ether oxygens (including phenoxy) is 3. The van der Waals surface area contributed by atoms with E-state index in [0.717, 1.165) is 10.5 Å². The maximum Gasteiger partial charge on any atom is 0.407 e. The van der Waals surface area contributed by atoms with Gasteiger partial charge in [0.1, 0.15) is 22.1 Å². The van der Waals surface area contributed by atoms with Gasteiger partial charge in [-0.3, -0.25) is 0 Å². The molecule has 1 N–H and O–H groups in total. The Kier molecular flexibility index (Phi) is 13.5. The summed E-state index contributed by atoms with van der Waals surface area (Å²) in [6, 6.07) is 23.7. The molecule has 57 heavy (non-hydrogen) atoms. The van der Waals surface area contributed by atoms with Gasteiger partial charge in [-0.1, -0.05) is 36.4 Å². The number of hydrogen-bond donors (Lipinski definition) is 1. The summed E-state index contributed by atoms with van der Waals surface area (Å²) in [5.41, 5.74) is 0.985. The van der Waals surface area contributed by atoms with Crippen LogP contribution in [0.15, 0.2) is 94.7 Å². The topological polar surface area (TPSA) is 183 Å². The molecule has 1 amide bonds. The SMILES string of the molecule is COc1ccc(CN(Cc2ccc(OC)cc2)S(=O)(=O)c2c(S(=O)(=O)C(C)CN(C(=O)O)C(C)(C)C)ccc(I)c2-c2nnn(Cc3ccc(OC)cc3)n2)cc1. The Morgan fingerprint density at radius 3 is 1.70 bits per heavy atom. The molecule has 0 radical (unpaired) electrons. The quantitative estimate of drug-likeness (QED) is 0.108. The van der Waals surface area contributed by atoms with Crippen LogP contribution in [-0.4, -0.2) is 96.1 Å². The second kappa shape index (κ2) is 17.8. The standard InChI is InChI=1S/C39H45IN6O9S2/c1-26(22-45(38(47)48)39(2,3)4)56(49,50)34-21-20-33(40)35(37-41-43-46(42-37)25-29-12-18-32(55-7)19-13-29)36(34)57(51,52)44(23-27-8-14-30(53-5)15-9-27)24-28-10-16-31(54-6)17-11-28/h8-21,26H,22-25H2,1-7H3,(H,47,48). The zero-order valence-corrected chi connectivity index (χ0v) is 36.4. The molecule has 0 bridgehead atoms. The van der Waals surface area contributed by atoms with Crippen LogP contribution in [0.25, 0.3) is 11.4 Å². The average molecular weight is 933 g/mol. The highest BCUT2D eigenvalue weighted by Crippen LogP contribution is 2.39. The van der Waals surface area contributed by atoms with Gasteiger partial charge in [-0.2, -0.15) is 9.10 Å². The largest absolute Gasteiger partial charge is 0.497 e. The molecule has 0 saturated heterocycles. The maximum atomic E-state index is 15.5. The number of tetrazole rings is 1. The van der Waals surface area contributed by atoms with Crippen LogP contribution in [0.4, 0.5) is 4.79 Å². The lowest BCUT2D eigenvalue weighted by Crippen LogP contribution is -2.49. The van der Waals surface area contributed by atoms with E-state index < -0.39 is 53.1 Å². The van der Waals surface area contributed by atoms with Crippen molar-refractivity contribution in [1.29, 1.82) is 0 Å². The normalized spacial score (nSPS) is 12.6. The van der Waals surface area contributed by atoms with Gasteiger partial charge in [-0.15, -0.1) is 10.2 Å². The highest BCUT2D eigenvalue weighted by atomic mass is 127. The van der Waals surface area contributed by atoms with E-state index in [1.807, 2.05) is 34.7 Å². The number of hydrogen-bond acceptors (Lipinski definition) is 11. The zero-order chi connectivity index (χ0) is 41.7. The van der Waals surface area contributed by atoms with E-state index in [9.17, 15) is 18.3 Å². The van der Waals surface area contributed by atoms with Gasteiger partial charge in [0.2, 0.25) is 15.8 Å². The monoisotopic (exact) mass is 932 g/mol. The Balaban J connectivity index is 1.72. The van der Waals surface area contributed by atoms with Crippen LogP contribution >= 0.6 is 22.6 Å². The Hall–Kier alpha value is -4.79. The minimum atomic E-state index is -4.78. The summed E-state index contributed by atoms with van der Waals surface area (Å²) in [6.45, 7) is 5.73. The van der Waals surface area contributed by atoms with E-state index in [4.69, 9.17) is 14.2 Å². The summed E-state index contributed by atoms with van der Waals surface area (Å²) in [7, 11) is -4.75. The lowest BCUT2D eigenvalue weighted by molar-refractivity contribution is 0.101. The van der Waals surface area contributed by atoms with E-state index in [1.54, 1.807) is 88.5 Å². The van der Waals surface area contributed by atoms with Crippen LogP contribution < -0.4 is 14.2 Å². The third-order valence-electron chi connectivity index (χ3n) is 9.18. The zero-order valence-electron chi connectivity index (χ0n) is 32.6. The molecule has 1 aromatic heterocycles. The molecule has 18 heteroatoms. The molecule has 1 atom stereocenters. The Bertz CT molecular complexity index is 2350. The fourth-order valence-corrected chi connectivity index (χ4v) is 10.6. The van der Waals surface area contributed by atoms with Crippen molar-refractivity contribution in [2.75, 3.05) is 27.9 Å². The molecule has 4 aromatic carbocycles. The molecule has 0 fully saturated rings. The Labute approximate surface area is 346 Å². The minimum Gasteiger partial charge on any atom is -0.497 e. The van der Waals surface area contributed by atoms with Gasteiger partial charge >= 0.3 is 6.09 Å². The summed E-state index contributed by atoms with van der Waals surface area (Å²) in [5.74, 6) is 1.68. The number of amides is 1. The van der Waals surface area contributed by atoms with Crippen molar-refractivity contribution < 1.29 is 40.9 Å². The molecule has 15 nitrogen and oxygen atoms in total. The number of sulfonamides is 1. The summed E-state index contributed by atoms with van der Waals surface area (Å²) < 4.78 is 77.9. The smallest absolute Gasteiger partial charge is 0.407 e. The van der Waals surface area contributed by atoms with Crippen molar-refractivity contribution >= 4 is 48.5 Å². The first-order chi connectivity index (χ1) is 26.9. The lowest BCUT2D eigenvalue weighted by Gasteiger charge is -2.35. The van der Waals surface area contributed by atoms with Gasteiger partial charge in [0.15, 0.2) is 9.84 Å². The van der Waals surface area contributed by atoms with E-state index in [-0.39, 0.29) is 31.0 Å². The number of nitrogens with zero attached hydrogens (tertiary/aromatic N) is 6. The van der Waals surface area contributed by atoms with Gasteiger partial charge in [0, 0.05) is 28.7 Å². The van der Waals surface area contributed by atoms with Crippen LogP contribution in [0, 0.1) is 3.57 Å². The fourth-order valence-electron chi connectivity index (χ4n) is 5.97. The molecule has 5 aromatic rings. The second-order valence-electron chi connectivity index (χ2n) is 14.1. The van der Waals surface area contributed by atoms with Crippen LogP contribution in [0.1, 0.15) is 44.4 Å². The molecular weight excluding hydrogens is 887 g/mol. The minimum absolute atomic E-state index is 0.0646. The first kappa shape index (κ1) is 43.3. The summed E-state index contributed by atoms with van der Waals surface area (Å²) >= 11 is 1.94. The summed E-state index contributed by atoms with van der Waals surface area (Å²) in [4.78, 5) is 13.5. The number of sulfone groups is 1. The van der Waals surface area contributed by atoms with Gasteiger partial charge in [-0.05, 0) is 121 Å². The summed E-state index contributed by atoms with van der Waals surface area (Å²) in [6.07, 6.45) is -1.32. The van der Waals surface area contributed by atoms with Crippen LogP contribution in [0.2, 0.25) is 0 Å². The van der Waals surface area contributed by atoms with Gasteiger partial charge < -0.3 is 24.2 Å². The molecule has 304 valence electrons. The molecular formula is C39H45IN6O9S2. The van der Waals surface area contributed by atoms with Gasteiger partial charge in [-0.25, -0.2) is 21.6 Å². The number of aromatic nitrogens is 4. The van der Waals surface area contributed by atoms with Crippen molar-refractivity contribution in [2.45, 2.75) is 67.9 Å². The van der Waals surface area contributed by atoms with Crippen LogP contribution in [-0.2, 0) is 39.5 Å². The van der Waals surface area contributed by atoms with Gasteiger partial charge in [0.05, 0.1) is 43.6 Å². The number of carboxylic acid groups (broad SMARTS) is 1. The molecule has 1 unspecified atom stereocenters. The molecule has 1 heterocycles. The molecule has 0 aliphatic carbocycles. The predicted octanol–water partition coefficient (Wildman–Crippen LogP) is 6.35. The van der Waals surface area contributed by atoms with E-state index in [2.05, 4.69) is 15.4 Å². The van der Waals surface area contributed by atoms with E-state index >= 15 is 8.42 Å². The molecule has 0 aliphatic heterocycles. The number of benzene rings is 4.